The molecule has 0 saturated carbocycles. The number of urea groups is 1. The molecule has 0 aliphatic carbocycles. The summed E-state index contributed by atoms with van der Waals surface area (Å²) in [6.45, 7) is 4.35. The number of carbonyl (C=O) groups is 1. The Morgan fingerprint density at radius 1 is 1.42 bits per heavy atom. The zero-order valence-corrected chi connectivity index (χ0v) is 11.2. The molecule has 0 spiro atoms. The molecule has 1 aliphatic rings. The number of aliphatic hydroxyl groups excluding tert-OH is 1. The van der Waals surface area contributed by atoms with E-state index in [-0.39, 0.29) is 18.2 Å². The highest BCUT2D eigenvalue weighted by atomic mass is 16.5. The SMILES string of the molecule is CC(O)c1ccc(NC(=O)NC2CCOC2C)cc1. The van der Waals surface area contributed by atoms with E-state index >= 15 is 0 Å². The summed E-state index contributed by atoms with van der Waals surface area (Å²) >= 11 is 0. The number of benzene rings is 1. The Morgan fingerprint density at radius 2 is 2.11 bits per heavy atom. The van der Waals surface area contributed by atoms with Gasteiger partial charge in [-0.15, -0.1) is 0 Å². The van der Waals surface area contributed by atoms with E-state index in [0.717, 1.165) is 12.0 Å². The first-order valence-corrected chi connectivity index (χ1v) is 6.53. The van der Waals surface area contributed by atoms with Crippen LogP contribution >= 0.6 is 0 Å². The van der Waals surface area contributed by atoms with E-state index in [1.807, 2.05) is 6.92 Å². The molecule has 0 aromatic heterocycles. The molecular weight excluding hydrogens is 244 g/mol. The van der Waals surface area contributed by atoms with Gasteiger partial charge in [0, 0.05) is 12.3 Å². The minimum atomic E-state index is -0.501. The Bertz CT molecular complexity index is 431. The largest absolute Gasteiger partial charge is 0.389 e. The molecule has 1 saturated heterocycles. The van der Waals surface area contributed by atoms with Crippen molar-refractivity contribution in [3.8, 4) is 0 Å². The lowest BCUT2D eigenvalue weighted by Crippen LogP contribution is -2.41. The molecule has 0 bridgehead atoms. The van der Waals surface area contributed by atoms with Gasteiger partial charge < -0.3 is 20.5 Å². The van der Waals surface area contributed by atoms with Gasteiger partial charge in [-0.05, 0) is 38.0 Å². The number of aliphatic hydroxyl groups is 1. The summed E-state index contributed by atoms with van der Waals surface area (Å²) in [5.41, 5.74) is 1.53. The fourth-order valence-corrected chi connectivity index (χ4v) is 2.10. The summed E-state index contributed by atoms with van der Waals surface area (Å²) in [7, 11) is 0. The van der Waals surface area contributed by atoms with Gasteiger partial charge in [-0.3, -0.25) is 0 Å². The molecule has 104 valence electrons. The lowest BCUT2D eigenvalue weighted by molar-refractivity contribution is 0.114. The molecule has 1 fully saturated rings. The Morgan fingerprint density at radius 3 is 2.63 bits per heavy atom. The van der Waals surface area contributed by atoms with Gasteiger partial charge in [0.1, 0.15) is 0 Å². The zero-order chi connectivity index (χ0) is 13.8. The van der Waals surface area contributed by atoms with Crippen LogP contribution in [-0.2, 0) is 4.74 Å². The van der Waals surface area contributed by atoms with E-state index in [0.29, 0.717) is 12.3 Å². The molecule has 0 radical (unpaired) electrons. The molecule has 3 atom stereocenters. The Labute approximate surface area is 113 Å². The normalized spacial score (nSPS) is 23.9. The van der Waals surface area contributed by atoms with E-state index in [2.05, 4.69) is 10.6 Å². The van der Waals surface area contributed by atoms with Gasteiger partial charge >= 0.3 is 6.03 Å². The van der Waals surface area contributed by atoms with Crippen LogP contribution in [0, 0.1) is 0 Å². The van der Waals surface area contributed by atoms with Crippen LogP contribution in [0.15, 0.2) is 24.3 Å². The lowest BCUT2D eigenvalue weighted by atomic mass is 10.1. The van der Waals surface area contributed by atoms with Crippen LogP contribution in [0.25, 0.3) is 0 Å². The maximum Gasteiger partial charge on any atom is 0.319 e. The minimum absolute atomic E-state index is 0.0587. The Balaban J connectivity index is 1.88. The van der Waals surface area contributed by atoms with Gasteiger partial charge in [0.15, 0.2) is 0 Å². The summed E-state index contributed by atoms with van der Waals surface area (Å²) in [6, 6.07) is 6.97. The van der Waals surface area contributed by atoms with Gasteiger partial charge in [0.2, 0.25) is 0 Å². The van der Waals surface area contributed by atoms with Crippen LogP contribution in [-0.4, -0.2) is 29.9 Å². The number of anilines is 1. The van der Waals surface area contributed by atoms with Crippen molar-refractivity contribution in [1.82, 2.24) is 5.32 Å². The molecule has 1 heterocycles. The standard InChI is InChI=1S/C14H20N2O3/c1-9(17)11-3-5-12(6-4-11)15-14(18)16-13-7-8-19-10(13)2/h3-6,9-10,13,17H,7-8H2,1-2H3,(H2,15,16,18). The average molecular weight is 264 g/mol. The second kappa shape index (κ2) is 6.04. The monoisotopic (exact) mass is 264 g/mol. The predicted molar refractivity (Wildman–Crippen MR) is 73.0 cm³/mol. The van der Waals surface area contributed by atoms with Crippen molar-refractivity contribution in [2.45, 2.75) is 38.5 Å². The van der Waals surface area contributed by atoms with Gasteiger partial charge in [-0.25, -0.2) is 4.79 Å². The number of hydrogen-bond donors (Lipinski definition) is 3. The summed E-state index contributed by atoms with van der Waals surface area (Å²) < 4.78 is 5.39. The number of ether oxygens (including phenoxy) is 1. The van der Waals surface area contributed by atoms with E-state index in [1.165, 1.54) is 0 Å². The van der Waals surface area contributed by atoms with E-state index in [1.54, 1.807) is 31.2 Å². The highest BCUT2D eigenvalue weighted by Crippen LogP contribution is 2.16. The molecular formula is C14H20N2O3. The smallest absolute Gasteiger partial charge is 0.319 e. The first-order chi connectivity index (χ1) is 9.06. The summed E-state index contributed by atoms with van der Waals surface area (Å²) in [6.07, 6.45) is 0.401. The first kappa shape index (κ1) is 13.8. The van der Waals surface area contributed by atoms with Gasteiger partial charge in [0.25, 0.3) is 0 Å². The van der Waals surface area contributed by atoms with Crippen LogP contribution < -0.4 is 10.6 Å². The molecule has 1 aliphatic heterocycles. The van der Waals surface area contributed by atoms with Gasteiger partial charge in [-0.2, -0.15) is 0 Å². The van der Waals surface area contributed by atoms with Crippen molar-refractivity contribution in [2.75, 3.05) is 11.9 Å². The second-order valence-electron chi connectivity index (χ2n) is 4.87. The van der Waals surface area contributed by atoms with E-state index in [9.17, 15) is 9.90 Å². The third kappa shape index (κ3) is 3.68. The number of rotatable bonds is 3. The van der Waals surface area contributed by atoms with Crippen LogP contribution in [0.4, 0.5) is 10.5 Å². The van der Waals surface area contributed by atoms with E-state index in [4.69, 9.17) is 4.74 Å². The molecule has 5 nitrogen and oxygen atoms in total. The van der Waals surface area contributed by atoms with Crippen molar-refractivity contribution in [3.05, 3.63) is 29.8 Å². The summed E-state index contributed by atoms with van der Waals surface area (Å²) in [5, 5.41) is 15.1. The highest BCUT2D eigenvalue weighted by Gasteiger charge is 2.25. The maximum absolute atomic E-state index is 11.8. The summed E-state index contributed by atoms with van der Waals surface area (Å²) in [4.78, 5) is 11.8. The zero-order valence-electron chi connectivity index (χ0n) is 11.2. The Kier molecular flexibility index (Phi) is 4.39. The first-order valence-electron chi connectivity index (χ1n) is 6.53. The molecule has 5 heteroatoms. The van der Waals surface area contributed by atoms with Crippen molar-refractivity contribution >= 4 is 11.7 Å². The molecule has 3 unspecified atom stereocenters. The van der Waals surface area contributed by atoms with Gasteiger partial charge in [-0.1, -0.05) is 12.1 Å². The van der Waals surface area contributed by atoms with Crippen molar-refractivity contribution in [2.24, 2.45) is 0 Å². The van der Waals surface area contributed by atoms with Crippen LogP contribution in [0.2, 0.25) is 0 Å². The maximum atomic E-state index is 11.8. The molecule has 2 rings (SSSR count). The predicted octanol–water partition coefficient (Wildman–Crippen LogP) is 2.04. The number of hydrogen-bond acceptors (Lipinski definition) is 3. The molecule has 19 heavy (non-hydrogen) atoms. The molecule has 3 N–H and O–H groups in total. The van der Waals surface area contributed by atoms with Crippen LogP contribution in [0.1, 0.15) is 31.9 Å². The average Bonchev–Trinajstić information content (AvgIpc) is 2.75. The number of amides is 2. The summed E-state index contributed by atoms with van der Waals surface area (Å²) in [5.74, 6) is 0. The van der Waals surface area contributed by atoms with Crippen LogP contribution in [0.3, 0.4) is 0 Å². The van der Waals surface area contributed by atoms with Crippen molar-refractivity contribution < 1.29 is 14.6 Å². The highest BCUT2D eigenvalue weighted by molar-refractivity contribution is 5.89. The number of carbonyl (C=O) groups excluding carboxylic acids is 1. The minimum Gasteiger partial charge on any atom is -0.389 e. The lowest BCUT2D eigenvalue weighted by Gasteiger charge is -2.16. The van der Waals surface area contributed by atoms with Crippen LogP contribution in [0.5, 0.6) is 0 Å². The van der Waals surface area contributed by atoms with Gasteiger partial charge in [0.05, 0.1) is 18.2 Å². The quantitative estimate of drug-likeness (QED) is 0.782. The van der Waals surface area contributed by atoms with E-state index < -0.39 is 6.10 Å². The molecule has 1 aromatic carbocycles. The van der Waals surface area contributed by atoms with Crippen molar-refractivity contribution in [3.63, 3.8) is 0 Å². The third-order valence-corrected chi connectivity index (χ3v) is 3.34. The number of nitrogens with one attached hydrogen (secondary N) is 2. The van der Waals surface area contributed by atoms with Crippen molar-refractivity contribution in [1.29, 1.82) is 0 Å². The fourth-order valence-electron chi connectivity index (χ4n) is 2.10. The molecule has 2 amide bonds. The second-order valence-corrected chi connectivity index (χ2v) is 4.87. The molecule has 1 aromatic rings. The third-order valence-electron chi connectivity index (χ3n) is 3.34. The topological polar surface area (TPSA) is 70.6 Å². The Hall–Kier alpha value is -1.59. The fraction of sp³-hybridized carbons (Fsp3) is 0.500.